The molecular formula is C8H15ClO. The first-order valence-electron chi connectivity index (χ1n) is 3.70. The highest BCUT2D eigenvalue weighted by Gasteiger charge is 2.27. The molecule has 0 atom stereocenters. The Balaban J connectivity index is 4.17. The van der Waals surface area contributed by atoms with Gasteiger partial charge in [-0.3, -0.25) is 4.79 Å². The summed E-state index contributed by atoms with van der Waals surface area (Å²) in [4.78, 5) is 11.2. The molecule has 0 aromatic carbocycles. The Bertz CT molecular complexity index is 116. The van der Waals surface area contributed by atoms with Crippen LogP contribution in [0.5, 0.6) is 0 Å². The maximum Gasteiger partial charge on any atom is 0.153 e. The highest BCUT2D eigenvalue weighted by atomic mass is 35.5. The lowest BCUT2D eigenvalue weighted by molar-refractivity contribution is -0.125. The summed E-state index contributed by atoms with van der Waals surface area (Å²) in [5.74, 6) is 0.317. The highest BCUT2D eigenvalue weighted by Crippen LogP contribution is 2.26. The molecular weight excluding hydrogens is 148 g/mol. The summed E-state index contributed by atoms with van der Waals surface area (Å²) >= 11 is 5.44. The molecule has 0 saturated carbocycles. The first-order valence-corrected chi connectivity index (χ1v) is 4.23. The van der Waals surface area contributed by atoms with Crippen molar-refractivity contribution in [2.24, 2.45) is 5.41 Å². The van der Waals surface area contributed by atoms with Crippen LogP contribution in [0, 0.1) is 5.41 Å². The second-order valence-electron chi connectivity index (χ2n) is 2.82. The summed E-state index contributed by atoms with van der Waals surface area (Å²) in [5.41, 5.74) is -0.179. The van der Waals surface area contributed by atoms with Crippen molar-refractivity contribution in [2.45, 2.75) is 33.6 Å². The number of hydrogen-bond donors (Lipinski definition) is 0. The standard InChI is InChI=1S/C8H15ClO/c1-4-8(3,5-2)7(10)6-9/h4-6H2,1-3H3. The van der Waals surface area contributed by atoms with Crippen molar-refractivity contribution in [2.75, 3.05) is 5.88 Å². The van der Waals surface area contributed by atoms with Gasteiger partial charge >= 0.3 is 0 Å². The molecule has 0 bridgehead atoms. The molecule has 10 heavy (non-hydrogen) atoms. The molecule has 60 valence electrons. The van der Waals surface area contributed by atoms with Crippen molar-refractivity contribution in [3.05, 3.63) is 0 Å². The van der Waals surface area contributed by atoms with E-state index in [2.05, 4.69) is 0 Å². The van der Waals surface area contributed by atoms with Gasteiger partial charge in [-0.15, -0.1) is 11.6 Å². The molecule has 0 amide bonds. The summed E-state index contributed by atoms with van der Waals surface area (Å²) < 4.78 is 0. The average Bonchev–Trinajstić information content (AvgIpc) is 2.01. The van der Waals surface area contributed by atoms with Crippen LogP contribution in [-0.2, 0) is 4.79 Å². The van der Waals surface area contributed by atoms with E-state index in [1.165, 1.54) is 0 Å². The largest absolute Gasteiger partial charge is 0.298 e. The lowest BCUT2D eigenvalue weighted by atomic mass is 9.81. The molecule has 0 rings (SSSR count). The summed E-state index contributed by atoms with van der Waals surface area (Å²) in [6, 6.07) is 0. The van der Waals surface area contributed by atoms with Gasteiger partial charge < -0.3 is 0 Å². The fraction of sp³-hybridized carbons (Fsp3) is 0.875. The number of rotatable bonds is 4. The zero-order valence-electron chi connectivity index (χ0n) is 6.91. The fourth-order valence-corrected chi connectivity index (χ4v) is 1.13. The Hall–Kier alpha value is -0.0400. The summed E-state index contributed by atoms with van der Waals surface area (Å²) in [5, 5.41) is 0. The first-order chi connectivity index (χ1) is 4.60. The predicted octanol–water partition coefficient (Wildman–Crippen LogP) is 2.62. The SMILES string of the molecule is CCC(C)(CC)C(=O)CCl. The summed E-state index contributed by atoms with van der Waals surface area (Å²) in [6.07, 6.45) is 1.77. The molecule has 0 radical (unpaired) electrons. The predicted molar refractivity (Wildman–Crippen MR) is 44.4 cm³/mol. The molecule has 0 aliphatic heterocycles. The lowest BCUT2D eigenvalue weighted by Gasteiger charge is -2.23. The van der Waals surface area contributed by atoms with Gasteiger partial charge in [-0.2, -0.15) is 0 Å². The van der Waals surface area contributed by atoms with Crippen LogP contribution < -0.4 is 0 Å². The van der Waals surface area contributed by atoms with E-state index >= 15 is 0 Å². The van der Waals surface area contributed by atoms with Gasteiger partial charge in [0.05, 0.1) is 5.88 Å². The normalized spacial score (nSPS) is 11.6. The van der Waals surface area contributed by atoms with Gasteiger partial charge in [0.2, 0.25) is 0 Å². The van der Waals surface area contributed by atoms with E-state index in [1.807, 2.05) is 20.8 Å². The van der Waals surface area contributed by atoms with E-state index in [4.69, 9.17) is 11.6 Å². The van der Waals surface area contributed by atoms with Crippen molar-refractivity contribution >= 4 is 17.4 Å². The maximum atomic E-state index is 11.2. The number of hydrogen-bond acceptors (Lipinski definition) is 1. The summed E-state index contributed by atoms with van der Waals surface area (Å²) in [7, 11) is 0. The zero-order chi connectivity index (χ0) is 8.20. The third-order valence-corrected chi connectivity index (χ3v) is 2.60. The molecule has 0 unspecified atom stereocenters. The lowest BCUT2D eigenvalue weighted by Crippen LogP contribution is -2.27. The molecule has 0 aromatic heterocycles. The molecule has 0 heterocycles. The van der Waals surface area contributed by atoms with E-state index in [0.717, 1.165) is 12.8 Å². The molecule has 2 heteroatoms. The van der Waals surface area contributed by atoms with Gasteiger partial charge in [0.1, 0.15) is 0 Å². The Kier molecular flexibility index (Phi) is 3.95. The van der Waals surface area contributed by atoms with E-state index in [1.54, 1.807) is 0 Å². The van der Waals surface area contributed by atoms with Crippen molar-refractivity contribution in [3.8, 4) is 0 Å². The van der Waals surface area contributed by atoms with Crippen LogP contribution in [0.15, 0.2) is 0 Å². The smallest absolute Gasteiger partial charge is 0.153 e. The molecule has 0 spiro atoms. The minimum Gasteiger partial charge on any atom is -0.298 e. The monoisotopic (exact) mass is 162 g/mol. The van der Waals surface area contributed by atoms with Crippen molar-refractivity contribution in [1.29, 1.82) is 0 Å². The van der Waals surface area contributed by atoms with Crippen LogP contribution in [-0.4, -0.2) is 11.7 Å². The van der Waals surface area contributed by atoms with Crippen LogP contribution in [0.2, 0.25) is 0 Å². The van der Waals surface area contributed by atoms with Crippen molar-refractivity contribution in [1.82, 2.24) is 0 Å². The van der Waals surface area contributed by atoms with Crippen LogP contribution in [0.3, 0.4) is 0 Å². The van der Waals surface area contributed by atoms with E-state index in [9.17, 15) is 4.79 Å². The molecule has 0 N–H and O–H groups in total. The van der Waals surface area contributed by atoms with Gasteiger partial charge in [-0.05, 0) is 12.8 Å². The van der Waals surface area contributed by atoms with Crippen LogP contribution in [0.1, 0.15) is 33.6 Å². The molecule has 0 fully saturated rings. The van der Waals surface area contributed by atoms with E-state index in [0.29, 0.717) is 0 Å². The molecule has 0 aliphatic rings. The number of alkyl halides is 1. The van der Waals surface area contributed by atoms with E-state index < -0.39 is 0 Å². The molecule has 0 aliphatic carbocycles. The molecule has 1 nitrogen and oxygen atoms in total. The van der Waals surface area contributed by atoms with Crippen molar-refractivity contribution < 1.29 is 4.79 Å². The third-order valence-electron chi connectivity index (χ3n) is 2.36. The van der Waals surface area contributed by atoms with Gasteiger partial charge in [0.15, 0.2) is 5.78 Å². The number of ketones is 1. The minimum atomic E-state index is -0.179. The van der Waals surface area contributed by atoms with Gasteiger partial charge in [0.25, 0.3) is 0 Å². The van der Waals surface area contributed by atoms with E-state index in [-0.39, 0.29) is 17.1 Å². The Morgan fingerprint density at radius 2 is 1.80 bits per heavy atom. The number of carbonyl (C=O) groups is 1. The second-order valence-corrected chi connectivity index (χ2v) is 3.09. The highest BCUT2D eigenvalue weighted by molar-refractivity contribution is 6.28. The molecule has 0 aromatic rings. The van der Waals surface area contributed by atoms with Crippen LogP contribution in [0.25, 0.3) is 0 Å². The Labute approximate surface area is 67.8 Å². The fourth-order valence-electron chi connectivity index (χ4n) is 0.806. The van der Waals surface area contributed by atoms with Gasteiger partial charge in [-0.1, -0.05) is 20.8 Å². The zero-order valence-corrected chi connectivity index (χ0v) is 7.66. The van der Waals surface area contributed by atoms with Crippen LogP contribution >= 0.6 is 11.6 Å². The first kappa shape index (κ1) is 9.96. The topological polar surface area (TPSA) is 17.1 Å². The van der Waals surface area contributed by atoms with Gasteiger partial charge in [-0.25, -0.2) is 0 Å². The average molecular weight is 163 g/mol. The van der Waals surface area contributed by atoms with Gasteiger partial charge in [0, 0.05) is 5.41 Å². The summed E-state index contributed by atoms with van der Waals surface area (Å²) in [6.45, 7) is 6.01. The Morgan fingerprint density at radius 3 is 1.90 bits per heavy atom. The third kappa shape index (κ3) is 1.98. The maximum absolute atomic E-state index is 11.2. The minimum absolute atomic E-state index is 0.151. The second kappa shape index (κ2) is 3.97. The molecule has 0 saturated heterocycles. The number of Topliss-reactive ketones (excluding diaryl/α,β-unsaturated/α-hetero) is 1. The quantitative estimate of drug-likeness (QED) is 0.581. The van der Waals surface area contributed by atoms with Crippen LogP contribution in [0.4, 0.5) is 0 Å². The van der Waals surface area contributed by atoms with Crippen molar-refractivity contribution in [3.63, 3.8) is 0 Å². The number of carbonyl (C=O) groups excluding carboxylic acids is 1. The number of halogens is 1. The Morgan fingerprint density at radius 1 is 1.40 bits per heavy atom.